The molecular weight excluding hydrogens is 503 g/mol. The maximum atomic E-state index is 13.5. The van der Waals surface area contributed by atoms with Crippen LogP contribution in [-0.4, -0.2) is 51.7 Å². The number of piperazine rings is 1. The molecule has 3 aromatic carbocycles. The Morgan fingerprint density at radius 3 is 2.21 bits per heavy atom. The summed E-state index contributed by atoms with van der Waals surface area (Å²) in [5, 5.41) is 1.51. The van der Waals surface area contributed by atoms with Gasteiger partial charge in [-0.3, -0.25) is 4.79 Å². The topological polar surface area (TPSA) is 57.7 Å². The molecule has 172 valence electrons. The fourth-order valence-corrected chi connectivity index (χ4v) is 4.99. The molecule has 4 rings (SSSR count). The van der Waals surface area contributed by atoms with Crippen molar-refractivity contribution in [3.63, 3.8) is 0 Å². The third kappa shape index (κ3) is 5.30. The van der Waals surface area contributed by atoms with Crippen LogP contribution < -0.4 is 4.90 Å². The minimum atomic E-state index is -3.48. The van der Waals surface area contributed by atoms with Gasteiger partial charge in [0.05, 0.1) is 14.9 Å². The zero-order chi connectivity index (χ0) is 23.8. The van der Waals surface area contributed by atoms with Crippen molar-refractivity contribution < 1.29 is 13.2 Å². The van der Waals surface area contributed by atoms with Crippen LogP contribution in [-0.2, 0) is 9.84 Å². The van der Waals surface area contributed by atoms with Gasteiger partial charge in [0.1, 0.15) is 0 Å². The van der Waals surface area contributed by atoms with Crippen LogP contribution in [0.3, 0.4) is 0 Å². The van der Waals surface area contributed by atoms with Crippen molar-refractivity contribution in [2.45, 2.75) is 4.90 Å². The number of hydrogen-bond acceptors (Lipinski definition) is 4. The predicted molar refractivity (Wildman–Crippen MR) is 135 cm³/mol. The van der Waals surface area contributed by atoms with Crippen molar-refractivity contribution in [2.75, 3.05) is 37.3 Å². The molecule has 0 N–H and O–H groups in total. The van der Waals surface area contributed by atoms with E-state index in [2.05, 4.69) is 4.90 Å². The molecule has 33 heavy (non-hydrogen) atoms. The molecule has 0 atom stereocenters. The van der Waals surface area contributed by atoms with Gasteiger partial charge in [-0.05, 0) is 53.6 Å². The average molecular weight is 524 g/mol. The summed E-state index contributed by atoms with van der Waals surface area (Å²) in [6.07, 6.45) is 1.13. The lowest BCUT2D eigenvalue weighted by molar-refractivity contribution is 0.0747. The van der Waals surface area contributed by atoms with E-state index in [0.717, 1.165) is 17.5 Å². The fraction of sp³-hybridized carbons (Fsp3) is 0.208. The normalized spacial score (nSPS) is 14.4. The van der Waals surface area contributed by atoms with Crippen LogP contribution in [0.25, 0.3) is 11.1 Å². The summed E-state index contributed by atoms with van der Waals surface area (Å²) in [6.45, 7) is 2.19. The van der Waals surface area contributed by atoms with E-state index in [0.29, 0.717) is 52.4 Å². The molecule has 1 heterocycles. The number of amides is 1. The van der Waals surface area contributed by atoms with E-state index in [-0.39, 0.29) is 10.8 Å². The molecule has 0 spiro atoms. The summed E-state index contributed by atoms with van der Waals surface area (Å²) in [4.78, 5) is 17.5. The fourth-order valence-electron chi connectivity index (χ4n) is 3.86. The zero-order valence-electron chi connectivity index (χ0n) is 17.8. The maximum Gasteiger partial charge on any atom is 0.254 e. The number of anilines is 1. The van der Waals surface area contributed by atoms with Gasteiger partial charge < -0.3 is 9.80 Å². The van der Waals surface area contributed by atoms with Crippen molar-refractivity contribution in [1.82, 2.24) is 4.90 Å². The monoisotopic (exact) mass is 522 g/mol. The predicted octanol–water partition coefficient (Wildman–Crippen LogP) is 5.68. The first-order valence-electron chi connectivity index (χ1n) is 10.2. The minimum absolute atomic E-state index is 0.103. The summed E-state index contributed by atoms with van der Waals surface area (Å²) in [6, 6.07) is 17.3. The summed E-state index contributed by atoms with van der Waals surface area (Å²) in [5.41, 5.74) is 2.67. The molecule has 3 aromatic rings. The van der Waals surface area contributed by atoms with Crippen LogP contribution in [0.1, 0.15) is 10.4 Å². The van der Waals surface area contributed by atoms with E-state index in [1.807, 2.05) is 18.2 Å². The Labute approximate surface area is 208 Å². The van der Waals surface area contributed by atoms with E-state index in [9.17, 15) is 13.2 Å². The maximum absolute atomic E-state index is 13.5. The van der Waals surface area contributed by atoms with Crippen molar-refractivity contribution in [1.29, 1.82) is 0 Å². The van der Waals surface area contributed by atoms with Crippen LogP contribution in [0, 0.1) is 0 Å². The molecule has 0 radical (unpaired) electrons. The second-order valence-electron chi connectivity index (χ2n) is 7.87. The molecule has 0 bridgehead atoms. The molecule has 9 heteroatoms. The Kier molecular flexibility index (Phi) is 6.91. The van der Waals surface area contributed by atoms with E-state index in [1.54, 1.807) is 35.2 Å². The molecule has 5 nitrogen and oxygen atoms in total. The Balaban J connectivity index is 1.62. The van der Waals surface area contributed by atoms with Crippen molar-refractivity contribution in [2.24, 2.45) is 0 Å². The van der Waals surface area contributed by atoms with Crippen LogP contribution in [0.2, 0.25) is 15.1 Å². The summed E-state index contributed by atoms with van der Waals surface area (Å²) in [7, 11) is -3.48. The van der Waals surface area contributed by atoms with Gasteiger partial charge in [-0.1, -0.05) is 53.0 Å². The molecule has 1 aliphatic heterocycles. The highest BCUT2D eigenvalue weighted by Crippen LogP contribution is 2.31. The molecule has 0 unspecified atom stereocenters. The van der Waals surface area contributed by atoms with Gasteiger partial charge in [-0.15, -0.1) is 0 Å². The highest BCUT2D eigenvalue weighted by Gasteiger charge is 2.26. The molecule has 1 aliphatic rings. The highest BCUT2D eigenvalue weighted by molar-refractivity contribution is 7.90. The Bertz CT molecular complexity index is 1320. The van der Waals surface area contributed by atoms with Gasteiger partial charge in [0.2, 0.25) is 0 Å². The first-order chi connectivity index (χ1) is 15.6. The number of rotatable bonds is 4. The Morgan fingerprint density at radius 1 is 0.848 bits per heavy atom. The van der Waals surface area contributed by atoms with Gasteiger partial charge in [0, 0.05) is 48.7 Å². The largest absolute Gasteiger partial charge is 0.368 e. The number of nitrogens with zero attached hydrogens (tertiary/aromatic N) is 2. The molecule has 0 saturated carbocycles. The van der Waals surface area contributed by atoms with E-state index >= 15 is 0 Å². The third-order valence-electron chi connectivity index (χ3n) is 5.62. The smallest absolute Gasteiger partial charge is 0.254 e. The summed E-state index contributed by atoms with van der Waals surface area (Å²) >= 11 is 18.3. The minimum Gasteiger partial charge on any atom is -0.368 e. The number of benzene rings is 3. The van der Waals surface area contributed by atoms with Gasteiger partial charge >= 0.3 is 0 Å². The molecular formula is C24H21Cl3N2O3S. The summed E-state index contributed by atoms with van der Waals surface area (Å²) < 4.78 is 24.3. The Morgan fingerprint density at radius 2 is 1.58 bits per heavy atom. The van der Waals surface area contributed by atoms with E-state index in [1.165, 1.54) is 12.1 Å². The van der Waals surface area contributed by atoms with Gasteiger partial charge in [-0.25, -0.2) is 8.42 Å². The van der Waals surface area contributed by atoms with Crippen LogP contribution in [0.4, 0.5) is 5.69 Å². The number of carbonyl (C=O) groups excluding carboxylic acids is 1. The van der Waals surface area contributed by atoms with Crippen LogP contribution in [0.15, 0.2) is 65.6 Å². The standard InChI is InChI=1S/C24H21Cl3N2O3S/c1-33(31,32)19-6-7-20(16-3-2-4-17(25)13-16)21(15-19)24(30)29-11-9-28(10-12-29)18-5-8-22(26)23(27)14-18/h2-8,13-15H,9-12H2,1H3. The van der Waals surface area contributed by atoms with Gasteiger partial charge in [0.15, 0.2) is 9.84 Å². The van der Waals surface area contributed by atoms with Crippen LogP contribution in [0.5, 0.6) is 0 Å². The first kappa shape index (κ1) is 23.9. The SMILES string of the molecule is CS(=O)(=O)c1ccc(-c2cccc(Cl)c2)c(C(=O)N2CCN(c3ccc(Cl)c(Cl)c3)CC2)c1. The average Bonchev–Trinajstić information content (AvgIpc) is 2.79. The first-order valence-corrected chi connectivity index (χ1v) is 13.3. The molecule has 1 saturated heterocycles. The lowest BCUT2D eigenvalue weighted by Gasteiger charge is -2.36. The quantitative estimate of drug-likeness (QED) is 0.441. The van der Waals surface area contributed by atoms with Crippen molar-refractivity contribution >= 4 is 56.2 Å². The van der Waals surface area contributed by atoms with Gasteiger partial charge in [0.25, 0.3) is 5.91 Å². The van der Waals surface area contributed by atoms with Crippen LogP contribution >= 0.6 is 34.8 Å². The number of sulfone groups is 1. The van der Waals surface area contributed by atoms with E-state index < -0.39 is 9.84 Å². The summed E-state index contributed by atoms with van der Waals surface area (Å²) in [5.74, 6) is -0.218. The third-order valence-corrected chi connectivity index (χ3v) is 7.70. The molecule has 1 fully saturated rings. The van der Waals surface area contributed by atoms with Crippen molar-refractivity contribution in [3.05, 3.63) is 81.3 Å². The second kappa shape index (κ2) is 9.55. The van der Waals surface area contributed by atoms with Gasteiger partial charge in [-0.2, -0.15) is 0 Å². The lowest BCUT2D eigenvalue weighted by Crippen LogP contribution is -2.49. The zero-order valence-corrected chi connectivity index (χ0v) is 20.8. The Hall–Kier alpha value is -2.25. The number of halogens is 3. The second-order valence-corrected chi connectivity index (χ2v) is 11.1. The molecule has 0 aliphatic carbocycles. The lowest BCUT2D eigenvalue weighted by atomic mass is 9.98. The number of hydrogen-bond donors (Lipinski definition) is 0. The highest BCUT2D eigenvalue weighted by atomic mass is 35.5. The van der Waals surface area contributed by atoms with E-state index in [4.69, 9.17) is 34.8 Å². The molecule has 1 amide bonds. The molecule has 0 aromatic heterocycles. The van der Waals surface area contributed by atoms with Crippen molar-refractivity contribution in [3.8, 4) is 11.1 Å². The number of carbonyl (C=O) groups is 1.